The van der Waals surface area contributed by atoms with Crippen molar-refractivity contribution in [3.05, 3.63) is 70.9 Å². The van der Waals surface area contributed by atoms with E-state index in [1.165, 1.54) is 0 Å². The fourth-order valence-corrected chi connectivity index (χ4v) is 3.52. The number of fused-ring (bicyclic) bond motifs is 1. The number of benzene rings is 2. The lowest BCUT2D eigenvalue weighted by Crippen LogP contribution is -2.30. The number of H-pyrrole nitrogens is 1. The van der Waals surface area contributed by atoms with E-state index in [1.807, 2.05) is 24.3 Å². The number of nitrogens with one attached hydrogen (secondary N) is 2. The third-order valence-electron chi connectivity index (χ3n) is 4.95. The van der Waals surface area contributed by atoms with Gasteiger partial charge in [-0.1, -0.05) is 30.3 Å². The number of Topliss-reactive ketones (excluding diaryl/α,β-unsaturated/α-hetero) is 1. The summed E-state index contributed by atoms with van der Waals surface area (Å²) in [6.07, 6.45) is 0. The quantitative estimate of drug-likeness (QED) is 0.372. The van der Waals surface area contributed by atoms with E-state index in [9.17, 15) is 19.2 Å². The van der Waals surface area contributed by atoms with Crippen LogP contribution in [0.3, 0.4) is 0 Å². The highest BCUT2D eigenvalue weighted by atomic mass is 16.5. The molecule has 2 aromatic carbocycles. The molecule has 0 spiro atoms. The minimum atomic E-state index is -0.653. The monoisotopic (exact) mass is 405 g/mol. The summed E-state index contributed by atoms with van der Waals surface area (Å²) in [5.74, 6) is -1.28. The van der Waals surface area contributed by atoms with Crippen molar-refractivity contribution >= 4 is 34.6 Å². The molecule has 8 heteroatoms. The van der Waals surface area contributed by atoms with Gasteiger partial charge in [0.1, 0.15) is 0 Å². The van der Waals surface area contributed by atoms with E-state index < -0.39 is 18.6 Å². The fourth-order valence-electron chi connectivity index (χ4n) is 3.52. The lowest BCUT2D eigenvalue weighted by atomic mass is 10.1. The van der Waals surface area contributed by atoms with Crippen molar-refractivity contribution in [2.45, 2.75) is 13.5 Å². The summed E-state index contributed by atoms with van der Waals surface area (Å²) in [7, 11) is 0. The van der Waals surface area contributed by atoms with Gasteiger partial charge in [0, 0.05) is 22.2 Å². The van der Waals surface area contributed by atoms with Crippen LogP contribution in [0, 0.1) is 6.92 Å². The number of ketones is 1. The lowest BCUT2D eigenvalue weighted by Gasteiger charge is -2.13. The molecule has 0 radical (unpaired) electrons. The molecule has 0 saturated carbocycles. The van der Waals surface area contributed by atoms with Gasteiger partial charge < -0.3 is 15.0 Å². The second kappa shape index (κ2) is 7.82. The van der Waals surface area contributed by atoms with Crippen LogP contribution in [0.25, 0.3) is 10.9 Å². The number of urea groups is 1. The molecule has 3 aromatic rings. The molecule has 8 nitrogen and oxygen atoms in total. The molecular formula is C22H19N3O5. The van der Waals surface area contributed by atoms with Crippen molar-refractivity contribution in [2.75, 3.05) is 13.2 Å². The molecule has 2 N–H and O–H groups in total. The zero-order valence-corrected chi connectivity index (χ0v) is 16.2. The summed E-state index contributed by atoms with van der Waals surface area (Å²) in [5, 5.41) is 3.23. The molecule has 1 aliphatic rings. The van der Waals surface area contributed by atoms with Crippen LogP contribution in [0.4, 0.5) is 4.79 Å². The first-order valence-corrected chi connectivity index (χ1v) is 9.39. The van der Waals surface area contributed by atoms with Crippen molar-refractivity contribution in [3.8, 4) is 0 Å². The number of aryl methyl sites for hydroxylation is 1. The maximum atomic E-state index is 12.7. The Balaban J connectivity index is 1.44. The molecule has 1 saturated heterocycles. The third-order valence-corrected chi connectivity index (χ3v) is 4.95. The molecule has 1 fully saturated rings. The first kappa shape index (κ1) is 19.4. The number of esters is 1. The Morgan fingerprint density at radius 2 is 1.90 bits per heavy atom. The van der Waals surface area contributed by atoms with Crippen molar-refractivity contribution in [1.29, 1.82) is 0 Å². The highest BCUT2D eigenvalue weighted by Crippen LogP contribution is 2.22. The number of para-hydroxylation sites is 1. The summed E-state index contributed by atoms with van der Waals surface area (Å²) in [6.45, 7) is 1.43. The van der Waals surface area contributed by atoms with Gasteiger partial charge in [0.2, 0.25) is 11.7 Å². The average molecular weight is 405 g/mol. The minimum absolute atomic E-state index is 0.0318. The lowest BCUT2D eigenvalue weighted by molar-refractivity contribution is -0.125. The molecule has 0 atom stereocenters. The van der Waals surface area contributed by atoms with E-state index in [1.54, 1.807) is 31.2 Å². The Morgan fingerprint density at radius 3 is 2.67 bits per heavy atom. The molecule has 3 amide bonds. The molecular weight excluding hydrogens is 386 g/mol. The van der Waals surface area contributed by atoms with Crippen LogP contribution in [0.15, 0.2) is 48.5 Å². The number of rotatable bonds is 6. The molecule has 152 valence electrons. The van der Waals surface area contributed by atoms with Crippen LogP contribution in [0.2, 0.25) is 0 Å². The predicted octanol–water partition coefficient (Wildman–Crippen LogP) is 2.57. The smallest absolute Gasteiger partial charge is 0.338 e. The van der Waals surface area contributed by atoms with Gasteiger partial charge in [-0.25, -0.2) is 9.59 Å². The van der Waals surface area contributed by atoms with Crippen LogP contribution in [-0.4, -0.2) is 46.7 Å². The summed E-state index contributed by atoms with van der Waals surface area (Å²) >= 11 is 0. The van der Waals surface area contributed by atoms with Gasteiger partial charge in [0.15, 0.2) is 6.61 Å². The van der Waals surface area contributed by atoms with Crippen molar-refractivity contribution < 1.29 is 23.9 Å². The number of carbonyl (C=O) groups excluding carboxylic acids is 4. The standard InChI is InChI=1S/C22H19N3O5/c1-13-20(16-7-2-3-8-17(16)24-13)18(26)12-30-21(28)15-6-4-5-14(9-15)11-25-19(27)10-23-22(25)29/h2-9,24H,10-12H2,1H3,(H,23,29). The molecule has 1 aromatic heterocycles. The summed E-state index contributed by atoms with van der Waals surface area (Å²) in [5.41, 5.74) is 2.91. The van der Waals surface area contributed by atoms with Crippen LogP contribution >= 0.6 is 0 Å². The Labute approximate surface area is 171 Å². The Kier molecular flexibility index (Phi) is 5.05. The van der Waals surface area contributed by atoms with Crippen molar-refractivity contribution in [3.63, 3.8) is 0 Å². The van der Waals surface area contributed by atoms with Gasteiger partial charge >= 0.3 is 12.0 Å². The molecule has 1 aliphatic heterocycles. The number of nitrogens with zero attached hydrogens (tertiary/aromatic N) is 1. The van der Waals surface area contributed by atoms with E-state index >= 15 is 0 Å². The number of ether oxygens (including phenoxy) is 1. The van der Waals surface area contributed by atoms with Crippen LogP contribution in [-0.2, 0) is 16.1 Å². The summed E-state index contributed by atoms with van der Waals surface area (Å²) < 4.78 is 5.22. The van der Waals surface area contributed by atoms with Gasteiger partial charge in [-0.15, -0.1) is 0 Å². The van der Waals surface area contributed by atoms with Crippen molar-refractivity contribution in [1.82, 2.24) is 15.2 Å². The molecule has 4 rings (SSSR count). The summed E-state index contributed by atoms with van der Waals surface area (Å²) in [6, 6.07) is 13.4. The van der Waals surface area contributed by atoms with E-state index in [0.717, 1.165) is 15.8 Å². The number of hydrogen-bond acceptors (Lipinski definition) is 5. The maximum Gasteiger partial charge on any atom is 0.338 e. The van der Waals surface area contributed by atoms with Crippen LogP contribution < -0.4 is 5.32 Å². The van der Waals surface area contributed by atoms with E-state index in [4.69, 9.17) is 4.74 Å². The summed E-state index contributed by atoms with van der Waals surface area (Å²) in [4.78, 5) is 52.7. The zero-order valence-electron chi connectivity index (χ0n) is 16.2. The van der Waals surface area contributed by atoms with Gasteiger partial charge in [-0.05, 0) is 30.7 Å². The molecule has 0 bridgehead atoms. The highest BCUT2D eigenvalue weighted by molar-refractivity contribution is 6.10. The topological polar surface area (TPSA) is 109 Å². The third kappa shape index (κ3) is 3.67. The molecule has 0 unspecified atom stereocenters. The predicted molar refractivity (Wildman–Crippen MR) is 108 cm³/mol. The number of amides is 3. The zero-order chi connectivity index (χ0) is 21.3. The highest BCUT2D eigenvalue weighted by Gasteiger charge is 2.28. The number of hydrogen-bond donors (Lipinski definition) is 2. The second-order valence-corrected chi connectivity index (χ2v) is 7.01. The Bertz CT molecular complexity index is 1160. The SMILES string of the molecule is Cc1[nH]c2ccccc2c1C(=O)COC(=O)c1cccc(CN2C(=O)CNC2=O)c1. The number of aromatic amines is 1. The fraction of sp³-hybridized carbons (Fsp3) is 0.182. The first-order chi connectivity index (χ1) is 14.4. The van der Waals surface area contributed by atoms with Gasteiger partial charge in [-0.2, -0.15) is 0 Å². The average Bonchev–Trinajstić information content (AvgIpc) is 3.25. The molecule has 2 heterocycles. The van der Waals surface area contributed by atoms with Crippen molar-refractivity contribution in [2.24, 2.45) is 0 Å². The van der Waals surface area contributed by atoms with Gasteiger partial charge in [-0.3, -0.25) is 14.5 Å². The molecule has 30 heavy (non-hydrogen) atoms. The van der Waals surface area contributed by atoms with E-state index in [0.29, 0.717) is 16.8 Å². The normalized spacial score (nSPS) is 13.6. The maximum absolute atomic E-state index is 12.7. The Morgan fingerprint density at radius 1 is 1.10 bits per heavy atom. The largest absolute Gasteiger partial charge is 0.454 e. The first-order valence-electron chi connectivity index (χ1n) is 9.39. The number of aromatic nitrogens is 1. The van der Waals surface area contributed by atoms with Gasteiger partial charge in [0.25, 0.3) is 0 Å². The van der Waals surface area contributed by atoms with Gasteiger partial charge in [0.05, 0.1) is 18.7 Å². The van der Waals surface area contributed by atoms with Crippen LogP contribution in [0.5, 0.6) is 0 Å². The Hall–Kier alpha value is -3.94. The van der Waals surface area contributed by atoms with E-state index in [-0.39, 0.29) is 30.3 Å². The number of carbonyl (C=O) groups is 4. The second-order valence-electron chi connectivity index (χ2n) is 7.01. The number of imide groups is 1. The molecule has 0 aliphatic carbocycles. The van der Waals surface area contributed by atoms with E-state index in [2.05, 4.69) is 10.3 Å². The van der Waals surface area contributed by atoms with Crippen LogP contribution in [0.1, 0.15) is 32.0 Å². The minimum Gasteiger partial charge on any atom is -0.454 e.